The van der Waals surface area contributed by atoms with Gasteiger partial charge in [-0.05, 0) is 42.0 Å². The van der Waals surface area contributed by atoms with Crippen LogP contribution in [-0.2, 0) is 6.54 Å². The third kappa shape index (κ3) is 4.36. The topological polar surface area (TPSA) is 95.7 Å². The van der Waals surface area contributed by atoms with Crippen molar-refractivity contribution in [1.29, 1.82) is 0 Å². The van der Waals surface area contributed by atoms with Gasteiger partial charge in [0.1, 0.15) is 11.4 Å². The molecule has 0 saturated heterocycles. The summed E-state index contributed by atoms with van der Waals surface area (Å²) in [6, 6.07) is 18.2. The summed E-state index contributed by atoms with van der Waals surface area (Å²) in [5.41, 5.74) is 3.75. The Balaban J connectivity index is 1.33. The SMILES string of the molecule is O=C(NCc1cccc(OC(F)(F)F)c1)c1ccc2nc(-c3n[nH]c4ccccc34)[nH]c2c1. The summed E-state index contributed by atoms with van der Waals surface area (Å²) in [4.78, 5) is 20.4. The smallest absolute Gasteiger partial charge is 0.406 e. The van der Waals surface area contributed by atoms with Gasteiger partial charge in [-0.25, -0.2) is 4.98 Å². The van der Waals surface area contributed by atoms with E-state index in [0.717, 1.165) is 10.9 Å². The molecule has 0 unspecified atom stereocenters. The summed E-state index contributed by atoms with van der Waals surface area (Å²) in [7, 11) is 0. The van der Waals surface area contributed by atoms with E-state index in [1.807, 2.05) is 24.3 Å². The van der Waals surface area contributed by atoms with Crippen molar-refractivity contribution >= 4 is 27.8 Å². The van der Waals surface area contributed by atoms with E-state index < -0.39 is 6.36 Å². The number of H-pyrrole nitrogens is 2. The molecule has 0 fully saturated rings. The maximum Gasteiger partial charge on any atom is 0.573 e. The van der Waals surface area contributed by atoms with Crippen LogP contribution in [0.1, 0.15) is 15.9 Å². The number of rotatable bonds is 5. The Morgan fingerprint density at radius 1 is 1.00 bits per heavy atom. The second-order valence-corrected chi connectivity index (χ2v) is 7.31. The Hall–Kier alpha value is -4.34. The van der Waals surface area contributed by atoms with Crippen LogP contribution in [0.4, 0.5) is 13.2 Å². The molecule has 0 bridgehead atoms. The standard InChI is InChI=1S/C23H16F3N5O2/c24-23(25,26)33-15-5-3-4-13(10-15)12-27-22(32)14-8-9-18-19(11-14)29-21(28-18)20-16-6-1-2-7-17(16)30-31-20/h1-11H,12H2,(H,27,32)(H,28,29)(H,30,31). The average Bonchev–Trinajstić information content (AvgIpc) is 3.40. The fourth-order valence-corrected chi connectivity index (χ4v) is 3.54. The van der Waals surface area contributed by atoms with Crippen molar-refractivity contribution in [2.75, 3.05) is 0 Å². The molecule has 5 rings (SSSR count). The number of benzene rings is 3. The zero-order valence-corrected chi connectivity index (χ0v) is 16.9. The van der Waals surface area contributed by atoms with Crippen LogP contribution >= 0.6 is 0 Å². The van der Waals surface area contributed by atoms with Gasteiger partial charge in [0.05, 0.1) is 16.6 Å². The van der Waals surface area contributed by atoms with E-state index in [-0.39, 0.29) is 18.2 Å². The summed E-state index contributed by atoms with van der Waals surface area (Å²) >= 11 is 0. The quantitative estimate of drug-likeness (QED) is 0.353. The molecular weight excluding hydrogens is 435 g/mol. The van der Waals surface area contributed by atoms with Crippen molar-refractivity contribution in [3.63, 3.8) is 0 Å². The number of nitrogens with one attached hydrogen (secondary N) is 3. The molecule has 5 aromatic rings. The Kier molecular flexibility index (Phi) is 4.97. The molecule has 3 N–H and O–H groups in total. The number of fused-ring (bicyclic) bond motifs is 2. The highest BCUT2D eigenvalue weighted by Gasteiger charge is 2.31. The van der Waals surface area contributed by atoms with Crippen LogP contribution in [0, 0.1) is 0 Å². The van der Waals surface area contributed by atoms with Crippen LogP contribution in [0.25, 0.3) is 33.5 Å². The molecule has 7 nitrogen and oxygen atoms in total. The molecule has 0 atom stereocenters. The van der Waals surface area contributed by atoms with Gasteiger partial charge in [-0.1, -0.05) is 30.3 Å². The summed E-state index contributed by atoms with van der Waals surface area (Å²) in [6.07, 6.45) is -4.78. The minimum absolute atomic E-state index is 0.0411. The first-order valence-corrected chi connectivity index (χ1v) is 9.92. The molecule has 0 aliphatic rings. The molecule has 0 saturated carbocycles. The molecule has 0 radical (unpaired) electrons. The third-order valence-corrected chi connectivity index (χ3v) is 5.02. The van der Waals surface area contributed by atoms with Crippen molar-refractivity contribution in [1.82, 2.24) is 25.5 Å². The lowest BCUT2D eigenvalue weighted by atomic mass is 10.1. The Morgan fingerprint density at radius 3 is 2.70 bits per heavy atom. The van der Waals surface area contributed by atoms with Gasteiger partial charge in [-0.15, -0.1) is 13.2 Å². The minimum atomic E-state index is -4.78. The fraction of sp³-hybridized carbons (Fsp3) is 0.0870. The number of imidazole rings is 1. The summed E-state index contributed by atoms with van der Waals surface area (Å²) < 4.78 is 41.1. The van der Waals surface area contributed by atoms with Crippen LogP contribution in [0.3, 0.4) is 0 Å². The van der Waals surface area contributed by atoms with Crippen molar-refractivity contribution in [3.05, 3.63) is 77.9 Å². The Morgan fingerprint density at radius 2 is 1.85 bits per heavy atom. The van der Waals surface area contributed by atoms with Crippen molar-refractivity contribution in [2.24, 2.45) is 0 Å². The number of ether oxygens (including phenoxy) is 1. The van der Waals surface area contributed by atoms with E-state index in [1.54, 1.807) is 24.3 Å². The molecule has 1 amide bonds. The van der Waals surface area contributed by atoms with Gasteiger partial charge < -0.3 is 15.0 Å². The molecule has 3 aromatic carbocycles. The Labute approximate surface area is 184 Å². The van der Waals surface area contributed by atoms with Gasteiger partial charge in [-0.2, -0.15) is 5.10 Å². The number of halogens is 3. The maximum atomic E-state index is 12.6. The van der Waals surface area contributed by atoms with E-state index in [0.29, 0.717) is 33.7 Å². The number of amides is 1. The lowest BCUT2D eigenvalue weighted by Crippen LogP contribution is -2.23. The summed E-state index contributed by atoms with van der Waals surface area (Å²) in [5, 5.41) is 10.9. The van der Waals surface area contributed by atoms with Gasteiger partial charge in [0.15, 0.2) is 5.82 Å². The van der Waals surface area contributed by atoms with Crippen LogP contribution < -0.4 is 10.1 Å². The predicted molar refractivity (Wildman–Crippen MR) is 115 cm³/mol. The zero-order chi connectivity index (χ0) is 23.0. The number of aromatic amines is 2. The molecule has 2 aromatic heterocycles. The number of alkyl halides is 3. The fourth-order valence-electron chi connectivity index (χ4n) is 3.54. The number of para-hydroxylation sites is 1. The molecule has 2 heterocycles. The number of carbonyl (C=O) groups excluding carboxylic acids is 1. The van der Waals surface area contributed by atoms with Crippen molar-refractivity contribution < 1.29 is 22.7 Å². The first-order chi connectivity index (χ1) is 15.9. The van der Waals surface area contributed by atoms with Crippen LogP contribution in [-0.4, -0.2) is 32.4 Å². The largest absolute Gasteiger partial charge is 0.573 e. The maximum absolute atomic E-state index is 12.6. The number of aromatic nitrogens is 4. The van der Waals surface area contributed by atoms with Gasteiger partial charge in [0.2, 0.25) is 0 Å². The molecule has 33 heavy (non-hydrogen) atoms. The summed E-state index contributed by atoms with van der Waals surface area (Å²) in [6.45, 7) is 0.0411. The van der Waals surface area contributed by atoms with Crippen LogP contribution in [0.2, 0.25) is 0 Å². The first-order valence-electron chi connectivity index (χ1n) is 9.92. The molecule has 0 aliphatic heterocycles. The molecule has 0 aliphatic carbocycles. The molecular formula is C23H16F3N5O2. The van der Waals surface area contributed by atoms with Crippen LogP contribution in [0.5, 0.6) is 5.75 Å². The number of hydrogen-bond donors (Lipinski definition) is 3. The lowest BCUT2D eigenvalue weighted by molar-refractivity contribution is -0.274. The highest BCUT2D eigenvalue weighted by atomic mass is 19.4. The molecule has 166 valence electrons. The van der Waals surface area contributed by atoms with E-state index in [2.05, 4.69) is 30.2 Å². The van der Waals surface area contributed by atoms with Gasteiger partial charge in [-0.3, -0.25) is 9.89 Å². The average molecular weight is 451 g/mol. The van der Waals surface area contributed by atoms with Crippen molar-refractivity contribution in [3.8, 4) is 17.3 Å². The van der Waals surface area contributed by atoms with Gasteiger partial charge in [0.25, 0.3) is 5.91 Å². The van der Waals surface area contributed by atoms with E-state index in [4.69, 9.17) is 0 Å². The van der Waals surface area contributed by atoms with Gasteiger partial charge in [0, 0.05) is 17.5 Å². The predicted octanol–water partition coefficient (Wildman–Crippen LogP) is 4.93. The number of nitrogens with zero attached hydrogens (tertiary/aromatic N) is 2. The highest BCUT2D eigenvalue weighted by Crippen LogP contribution is 2.26. The second-order valence-electron chi connectivity index (χ2n) is 7.31. The monoisotopic (exact) mass is 451 g/mol. The summed E-state index contributed by atoms with van der Waals surface area (Å²) in [5.74, 6) is -0.145. The number of carbonyl (C=O) groups is 1. The first kappa shape index (κ1) is 20.6. The normalized spacial score (nSPS) is 11.7. The van der Waals surface area contributed by atoms with Crippen LogP contribution in [0.15, 0.2) is 66.7 Å². The number of hydrogen-bond acceptors (Lipinski definition) is 4. The third-order valence-electron chi connectivity index (χ3n) is 5.02. The minimum Gasteiger partial charge on any atom is -0.406 e. The van der Waals surface area contributed by atoms with Crippen molar-refractivity contribution in [2.45, 2.75) is 12.9 Å². The lowest BCUT2D eigenvalue weighted by Gasteiger charge is -2.10. The molecule has 0 spiro atoms. The van der Waals surface area contributed by atoms with E-state index in [9.17, 15) is 18.0 Å². The Bertz CT molecular complexity index is 1470. The second kappa shape index (κ2) is 7.97. The van der Waals surface area contributed by atoms with E-state index in [1.165, 1.54) is 18.2 Å². The molecule has 10 heteroatoms. The highest BCUT2D eigenvalue weighted by molar-refractivity contribution is 5.98. The zero-order valence-electron chi connectivity index (χ0n) is 16.9. The van der Waals surface area contributed by atoms with E-state index >= 15 is 0 Å². The van der Waals surface area contributed by atoms with Gasteiger partial charge >= 0.3 is 6.36 Å².